The first kappa shape index (κ1) is 6.78. The van der Waals surface area contributed by atoms with E-state index < -0.39 is 0 Å². The van der Waals surface area contributed by atoms with Gasteiger partial charge in [0.2, 0.25) is 0 Å². The van der Waals surface area contributed by atoms with Gasteiger partial charge in [0, 0.05) is 25.7 Å². The number of likely N-dealkylation sites (N-methyl/N-ethyl adjacent to an activating group) is 1. The van der Waals surface area contributed by atoms with Gasteiger partial charge in [-0.25, -0.2) is 0 Å². The highest BCUT2D eigenvalue weighted by Crippen LogP contribution is 2.05. The van der Waals surface area contributed by atoms with E-state index in [1.54, 1.807) is 0 Å². The third-order valence-electron chi connectivity index (χ3n) is 1.75. The number of rotatable bonds is 3. The van der Waals surface area contributed by atoms with E-state index in [9.17, 15) is 0 Å². The summed E-state index contributed by atoms with van der Waals surface area (Å²) >= 11 is 0. The van der Waals surface area contributed by atoms with E-state index in [1.807, 2.05) is 13.1 Å². The van der Waals surface area contributed by atoms with E-state index in [4.69, 9.17) is 0 Å². The molecule has 0 radical (unpaired) electrons. The quantitative estimate of drug-likeness (QED) is 0.539. The van der Waals surface area contributed by atoms with Gasteiger partial charge in [0.15, 0.2) is 0 Å². The van der Waals surface area contributed by atoms with Crippen LogP contribution >= 0.6 is 0 Å². The number of hydrogen-bond donors (Lipinski definition) is 1. The number of nitrogens with zero attached hydrogens (tertiary/aromatic N) is 1. The molecule has 2 heteroatoms. The molecule has 1 N–H and O–H groups in total. The maximum absolute atomic E-state index is 3.67. The molecule has 1 saturated heterocycles. The van der Waals surface area contributed by atoms with Crippen molar-refractivity contribution in [2.24, 2.45) is 0 Å². The minimum atomic E-state index is 0.727. The largest absolute Gasteiger partial charge is 0.315 e. The second-order valence-electron chi connectivity index (χ2n) is 2.49. The second kappa shape index (κ2) is 2.99. The summed E-state index contributed by atoms with van der Waals surface area (Å²) < 4.78 is 0. The monoisotopic (exact) mass is 126 g/mol. The minimum absolute atomic E-state index is 0.727. The molecule has 52 valence electrons. The fourth-order valence-corrected chi connectivity index (χ4v) is 1.08. The molecule has 1 heterocycles. The van der Waals surface area contributed by atoms with Crippen LogP contribution in [0.4, 0.5) is 0 Å². The van der Waals surface area contributed by atoms with Crippen LogP contribution in [0.1, 0.15) is 0 Å². The second-order valence-corrected chi connectivity index (χ2v) is 2.49. The molecule has 0 aliphatic carbocycles. The first-order valence-corrected chi connectivity index (χ1v) is 3.37. The van der Waals surface area contributed by atoms with Crippen molar-refractivity contribution in [1.29, 1.82) is 0 Å². The topological polar surface area (TPSA) is 15.3 Å². The molecule has 9 heavy (non-hydrogen) atoms. The number of likely N-dealkylation sites (tertiary alicyclic amines) is 1. The summed E-state index contributed by atoms with van der Waals surface area (Å²) in [5.74, 6) is 0. The highest BCUT2D eigenvalue weighted by Gasteiger charge is 2.22. The Labute approximate surface area is 56.5 Å². The third kappa shape index (κ3) is 1.53. The fourth-order valence-electron chi connectivity index (χ4n) is 1.08. The molecule has 0 aromatic rings. The van der Waals surface area contributed by atoms with Crippen LogP contribution in [0.3, 0.4) is 0 Å². The van der Waals surface area contributed by atoms with Gasteiger partial charge in [-0.15, -0.1) is 6.58 Å². The lowest BCUT2D eigenvalue weighted by Crippen LogP contribution is -2.56. The molecule has 0 bridgehead atoms. The zero-order valence-electron chi connectivity index (χ0n) is 5.93. The van der Waals surface area contributed by atoms with Crippen LogP contribution in [0.15, 0.2) is 12.7 Å². The number of nitrogens with one attached hydrogen (secondary N) is 1. The normalized spacial score (nSPS) is 21.4. The first-order chi connectivity index (χ1) is 4.36. The van der Waals surface area contributed by atoms with Crippen LogP contribution in [0.5, 0.6) is 0 Å². The Bertz CT molecular complexity index is 95.1. The van der Waals surface area contributed by atoms with Crippen molar-refractivity contribution < 1.29 is 0 Å². The van der Waals surface area contributed by atoms with Crippen molar-refractivity contribution >= 4 is 0 Å². The van der Waals surface area contributed by atoms with Crippen LogP contribution < -0.4 is 5.32 Å². The molecular formula is C7H14N2. The summed E-state index contributed by atoms with van der Waals surface area (Å²) in [4.78, 5) is 2.36. The van der Waals surface area contributed by atoms with Gasteiger partial charge >= 0.3 is 0 Å². The summed E-state index contributed by atoms with van der Waals surface area (Å²) in [7, 11) is 2.01. The van der Waals surface area contributed by atoms with Crippen LogP contribution in [0.2, 0.25) is 0 Å². The molecule has 0 saturated carbocycles. The van der Waals surface area contributed by atoms with E-state index in [0.29, 0.717) is 0 Å². The van der Waals surface area contributed by atoms with Crippen LogP contribution in [-0.2, 0) is 0 Å². The van der Waals surface area contributed by atoms with Gasteiger partial charge in [-0.2, -0.15) is 0 Å². The van der Waals surface area contributed by atoms with Crippen molar-refractivity contribution in [2.75, 3.05) is 26.7 Å². The van der Waals surface area contributed by atoms with E-state index in [2.05, 4.69) is 16.8 Å². The van der Waals surface area contributed by atoms with Gasteiger partial charge in [0.05, 0.1) is 0 Å². The van der Waals surface area contributed by atoms with E-state index in [0.717, 1.165) is 12.6 Å². The Morgan fingerprint density at radius 2 is 2.44 bits per heavy atom. The molecule has 1 aliphatic rings. The van der Waals surface area contributed by atoms with Gasteiger partial charge in [0.25, 0.3) is 0 Å². The lowest BCUT2D eigenvalue weighted by Gasteiger charge is -2.38. The molecule has 0 atom stereocenters. The van der Waals surface area contributed by atoms with Gasteiger partial charge in [-0.05, 0) is 7.05 Å². The Morgan fingerprint density at radius 1 is 1.78 bits per heavy atom. The Morgan fingerprint density at radius 3 is 2.89 bits per heavy atom. The Kier molecular flexibility index (Phi) is 2.25. The molecule has 1 aliphatic heterocycles. The third-order valence-corrected chi connectivity index (χ3v) is 1.75. The van der Waals surface area contributed by atoms with Crippen molar-refractivity contribution in [1.82, 2.24) is 10.2 Å². The predicted molar refractivity (Wildman–Crippen MR) is 39.5 cm³/mol. The highest BCUT2D eigenvalue weighted by molar-refractivity contribution is 4.88. The van der Waals surface area contributed by atoms with Crippen molar-refractivity contribution in [3.05, 3.63) is 12.7 Å². The molecule has 2 nitrogen and oxygen atoms in total. The molecule has 0 spiro atoms. The molecule has 0 unspecified atom stereocenters. The van der Waals surface area contributed by atoms with Crippen molar-refractivity contribution in [3.8, 4) is 0 Å². The van der Waals surface area contributed by atoms with Gasteiger partial charge in [0.1, 0.15) is 0 Å². The average molecular weight is 126 g/mol. The average Bonchev–Trinajstić information content (AvgIpc) is 1.77. The first-order valence-electron chi connectivity index (χ1n) is 3.37. The highest BCUT2D eigenvalue weighted by atomic mass is 15.2. The molecule has 0 amide bonds. The minimum Gasteiger partial charge on any atom is -0.315 e. The summed E-state index contributed by atoms with van der Waals surface area (Å²) in [6.07, 6.45) is 1.95. The lowest BCUT2D eigenvalue weighted by molar-refractivity contribution is 0.149. The van der Waals surface area contributed by atoms with Crippen molar-refractivity contribution in [3.63, 3.8) is 0 Å². The number of hydrogen-bond acceptors (Lipinski definition) is 2. The smallest absolute Gasteiger partial charge is 0.0320 e. The summed E-state index contributed by atoms with van der Waals surface area (Å²) in [6, 6.07) is 0.727. The van der Waals surface area contributed by atoms with Crippen LogP contribution in [-0.4, -0.2) is 37.6 Å². The molecular weight excluding hydrogens is 112 g/mol. The maximum Gasteiger partial charge on any atom is 0.0320 e. The summed E-state index contributed by atoms with van der Waals surface area (Å²) in [5.41, 5.74) is 0. The van der Waals surface area contributed by atoms with Crippen LogP contribution in [0, 0.1) is 0 Å². The molecule has 1 rings (SSSR count). The lowest BCUT2D eigenvalue weighted by atomic mass is 10.1. The van der Waals surface area contributed by atoms with Crippen LogP contribution in [0.25, 0.3) is 0 Å². The zero-order valence-corrected chi connectivity index (χ0v) is 5.93. The van der Waals surface area contributed by atoms with E-state index in [-0.39, 0.29) is 0 Å². The zero-order chi connectivity index (χ0) is 6.69. The van der Waals surface area contributed by atoms with Gasteiger partial charge in [-0.3, -0.25) is 4.90 Å². The molecule has 1 fully saturated rings. The molecule has 0 aromatic heterocycles. The standard InChI is InChI=1S/C7H14N2/c1-3-4-9-5-7(6-9)8-2/h3,7-8H,1,4-6H2,2H3. The van der Waals surface area contributed by atoms with Crippen molar-refractivity contribution in [2.45, 2.75) is 6.04 Å². The molecule has 0 aromatic carbocycles. The van der Waals surface area contributed by atoms with E-state index in [1.165, 1.54) is 13.1 Å². The van der Waals surface area contributed by atoms with Gasteiger partial charge in [-0.1, -0.05) is 6.08 Å². The Hall–Kier alpha value is -0.340. The van der Waals surface area contributed by atoms with Gasteiger partial charge < -0.3 is 5.32 Å². The fraction of sp³-hybridized carbons (Fsp3) is 0.714. The Balaban J connectivity index is 2.04. The SMILES string of the molecule is C=CCN1CC(NC)C1. The van der Waals surface area contributed by atoms with E-state index >= 15 is 0 Å². The summed E-state index contributed by atoms with van der Waals surface area (Å²) in [6.45, 7) is 7.08. The predicted octanol–water partition coefficient (Wildman–Crippen LogP) is 0.0760. The maximum atomic E-state index is 3.67. The summed E-state index contributed by atoms with van der Waals surface area (Å²) in [5, 5.41) is 3.21.